The van der Waals surface area contributed by atoms with Gasteiger partial charge in [0.05, 0.1) is 6.61 Å². The van der Waals surface area contributed by atoms with Crippen molar-refractivity contribution in [2.24, 2.45) is 5.92 Å². The van der Waals surface area contributed by atoms with Crippen molar-refractivity contribution in [3.05, 3.63) is 93.5 Å². The van der Waals surface area contributed by atoms with Gasteiger partial charge in [0.25, 0.3) is 0 Å². The van der Waals surface area contributed by atoms with Crippen molar-refractivity contribution in [3.63, 3.8) is 0 Å². The quantitative estimate of drug-likeness (QED) is 0.265. The number of nitrogens with one attached hydrogen (secondary N) is 1. The molecule has 0 amide bonds. The van der Waals surface area contributed by atoms with E-state index in [9.17, 15) is 0 Å². The summed E-state index contributed by atoms with van der Waals surface area (Å²) in [4.78, 5) is 0. The third-order valence-electron chi connectivity index (χ3n) is 7.96. The lowest BCUT2D eigenvalue weighted by molar-refractivity contribution is -0.168. The maximum absolute atomic E-state index is 6.73. The molecular formula is C33H39Cl2NO3. The first-order valence-electron chi connectivity index (χ1n) is 14.2. The Kier molecular flexibility index (Phi) is 9.40. The predicted molar refractivity (Wildman–Crippen MR) is 160 cm³/mol. The molecule has 6 heteroatoms. The molecule has 1 aliphatic heterocycles. The van der Waals surface area contributed by atoms with Gasteiger partial charge in [0, 0.05) is 34.4 Å². The van der Waals surface area contributed by atoms with Crippen molar-refractivity contribution < 1.29 is 14.2 Å². The average molecular weight is 569 g/mol. The lowest BCUT2D eigenvalue weighted by atomic mass is 9.86. The summed E-state index contributed by atoms with van der Waals surface area (Å²) in [6.45, 7) is 5.93. The molecule has 5 rings (SSSR count). The zero-order chi connectivity index (χ0) is 27.2. The van der Waals surface area contributed by atoms with Crippen molar-refractivity contribution in [1.29, 1.82) is 0 Å². The van der Waals surface area contributed by atoms with Gasteiger partial charge in [0.2, 0.25) is 0 Å². The number of benzene rings is 3. The molecule has 2 atom stereocenters. The number of ether oxygens (including phenoxy) is 3. The Morgan fingerprint density at radius 3 is 2.54 bits per heavy atom. The van der Waals surface area contributed by atoms with Gasteiger partial charge in [0.15, 0.2) is 0 Å². The molecule has 1 heterocycles. The van der Waals surface area contributed by atoms with Crippen LogP contribution in [0.3, 0.4) is 0 Å². The van der Waals surface area contributed by atoms with E-state index >= 15 is 0 Å². The molecule has 0 aromatic heterocycles. The van der Waals surface area contributed by atoms with Crippen LogP contribution in [0.4, 0.5) is 5.69 Å². The highest BCUT2D eigenvalue weighted by Gasteiger charge is 2.46. The van der Waals surface area contributed by atoms with Crippen LogP contribution >= 0.6 is 23.2 Å². The number of hydrogen-bond donors (Lipinski definition) is 1. The van der Waals surface area contributed by atoms with Crippen molar-refractivity contribution in [3.8, 4) is 5.75 Å². The van der Waals surface area contributed by atoms with Crippen molar-refractivity contribution in [1.82, 2.24) is 0 Å². The summed E-state index contributed by atoms with van der Waals surface area (Å²) in [7, 11) is 0. The molecule has 1 N–H and O–H groups in total. The van der Waals surface area contributed by atoms with Gasteiger partial charge in [-0.05, 0) is 73.7 Å². The summed E-state index contributed by atoms with van der Waals surface area (Å²) in [5.74, 6) is 1.59. The lowest BCUT2D eigenvalue weighted by Crippen LogP contribution is -2.51. The van der Waals surface area contributed by atoms with E-state index < -0.39 is 5.60 Å². The summed E-state index contributed by atoms with van der Waals surface area (Å²) in [5.41, 5.74) is 3.51. The van der Waals surface area contributed by atoms with Crippen LogP contribution in [-0.4, -0.2) is 18.3 Å². The second kappa shape index (κ2) is 13.0. The number of anilines is 1. The summed E-state index contributed by atoms with van der Waals surface area (Å²) < 4.78 is 19.8. The number of fused-ring (bicyclic) bond motifs is 1. The average Bonchev–Trinajstić information content (AvgIpc) is 2.92. The van der Waals surface area contributed by atoms with Gasteiger partial charge < -0.3 is 19.5 Å². The second-order valence-corrected chi connectivity index (χ2v) is 12.2. The minimum atomic E-state index is -0.584. The Bertz CT molecular complexity index is 1240. The first-order valence-corrected chi connectivity index (χ1v) is 14.9. The van der Waals surface area contributed by atoms with Crippen LogP contribution in [0.2, 0.25) is 10.0 Å². The van der Waals surface area contributed by atoms with E-state index in [1.54, 1.807) is 0 Å². The molecule has 208 valence electrons. The molecule has 0 saturated heterocycles. The topological polar surface area (TPSA) is 39.7 Å². The van der Waals surface area contributed by atoms with E-state index in [0.717, 1.165) is 45.5 Å². The van der Waals surface area contributed by atoms with Gasteiger partial charge in [-0.25, -0.2) is 0 Å². The van der Waals surface area contributed by atoms with E-state index in [1.165, 1.54) is 32.1 Å². The van der Waals surface area contributed by atoms with E-state index in [-0.39, 0.29) is 12.2 Å². The summed E-state index contributed by atoms with van der Waals surface area (Å²) in [5, 5.41) is 4.98. The predicted octanol–water partition coefficient (Wildman–Crippen LogP) is 9.39. The molecule has 1 saturated carbocycles. The number of rotatable bonds is 10. The van der Waals surface area contributed by atoms with Crippen molar-refractivity contribution >= 4 is 28.9 Å². The summed E-state index contributed by atoms with van der Waals surface area (Å²) >= 11 is 12.6. The van der Waals surface area contributed by atoms with Gasteiger partial charge >= 0.3 is 0 Å². The van der Waals surface area contributed by atoms with E-state index in [4.69, 9.17) is 37.4 Å². The number of hydrogen-bond acceptors (Lipinski definition) is 4. The Balaban J connectivity index is 1.37. The maximum atomic E-state index is 6.73. The molecular weight excluding hydrogens is 529 g/mol. The standard InChI is InChI=1S/C33H39Cl2NO3/c1-33(2)32(38-22-25-12-6-7-14-29(25)35)31(37-18-17-23-9-4-3-5-10-23)28-20-27(15-16-30(28)39-33)36-21-24-11-8-13-26(34)19-24/h6-8,11-16,19-20,23,31-32,36H,3-5,9-10,17-18,21-22H2,1-2H3. The van der Waals surface area contributed by atoms with Gasteiger partial charge in [-0.1, -0.05) is 85.6 Å². The summed E-state index contributed by atoms with van der Waals surface area (Å²) in [6, 6.07) is 22.0. The van der Waals surface area contributed by atoms with E-state index in [2.05, 4.69) is 37.4 Å². The Morgan fingerprint density at radius 1 is 0.923 bits per heavy atom. The first kappa shape index (κ1) is 28.3. The molecule has 1 fully saturated rings. The van der Waals surface area contributed by atoms with Crippen LogP contribution in [0.25, 0.3) is 0 Å². The highest BCUT2D eigenvalue weighted by molar-refractivity contribution is 6.31. The monoisotopic (exact) mass is 567 g/mol. The zero-order valence-electron chi connectivity index (χ0n) is 22.9. The fourth-order valence-corrected chi connectivity index (χ4v) is 6.19. The zero-order valence-corrected chi connectivity index (χ0v) is 24.4. The smallest absolute Gasteiger partial charge is 0.132 e. The van der Waals surface area contributed by atoms with Crippen LogP contribution in [0.5, 0.6) is 5.75 Å². The number of halogens is 2. The molecule has 2 aliphatic rings. The Morgan fingerprint density at radius 2 is 1.74 bits per heavy atom. The fourth-order valence-electron chi connectivity index (χ4n) is 5.79. The minimum Gasteiger partial charge on any atom is -0.485 e. The molecule has 3 aromatic carbocycles. The molecule has 4 nitrogen and oxygen atoms in total. The normalized spacial score (nSPS) is 20.7. The first-order chi connectivity index (χ1) is 18.9. The van der Waals surface area contributed by atoms with Gasteiger partial charge in [-0.2, -0.15) is 0 Å². The van der Waals surface area contributed by atoms with E-state index in [1.807, 2.05) is 48.5 Å². The third kappa shape index (κ3) is 7.29. The maximum Gasteiger partial charge on any atom is 0.132 e. The summed E-state index contributed by atoms with van der Waals surface area (Å²) in [6.07, 6.45) is 7.16. The molecule has 1 aliphatic carbocycles. The SMILES string of the molecule is CC1(C)Oc2ccc(NCc3cccc(Cl)c3)cc2C(OCCC2CCCCC2)C1OCc1ccccc1Cl. The van der Waals surface area contributed by atoms with Gasteiger partial charge in [-0.15, -0.1) is 0 Å². The van der Waals surface area contributed by atoms with Crippen LogP contribution in [0.15, 0.2) is 66.7 Å². The highest BCUT2D eigenvalue weighted by Crippen LogP contribution is 2.45. The molecule has 2 unspecified atom stereocenters. The molecule has 3 aromatic rings. The fraction of sp³-hybridized carbons (Fsp3) is 0.455. The lowest BCUT2D eigenvalue weighted by Gasteiger charge is -2.44. The van der Waals surface area contributed by atoms with Crippen LogP contribution in [0.1, 0.15) is 75.2 Å². The largest absolute Gasteiger partial charge is 0.485 e. The minimum absolute atomic E-state index is 0.261. The Hall–Kier alpha value is -2.24. The van der Waals surface area contributed by atoms with Crippen LogP contribution < -0.4 is 10.1 Å². The second-order valence-electron chi connectivity index (χ2n) is 11.3. The highest BCUT2D eigenvalue weighted by atomic mass is 35.5. The van der Waals surface area contributed by atoms with Gasteiger partial charge in [-0.3, -0.25) is 0 Å². The molecule has 0 bridgehead atoms. The van der Waals surface area contributed by atoms with E-state index in [0.29, 0.717) is 24.8 Å². The third-order valence-corrected chi connectivity index (χ3v) is 8.56. The Labute approximate surface area is 243 Å². The van der Waals surface area contributed by atoms with Crippen molar-refractivity contribution in [2.75, 3.05) is 11.9 Å². The van der Waals surface area contributed by atoms with Crippen molar-refractivity contribution in [2.45, 2.75) is 83.3 Å². The molecule has 0 radical (unpaired) electrons. The van der Waals surface area contributed by atoms with Crippen LogP contribution in [-0.2, 0) is 22.6 Å². The molecule has 0 spiro atoms. The van der Waals surface area contributed by atoms with Crippen LogP contribution in [0, 0.1) is 5.92 Å². The molecule has 39 heavy (non-hydrogen) atoms. The van der Waals surface area contributed by atoms with Gasteiger partial charge in [0.1, 0.15) is 23.6 Å².